The highest BCUT2D eigenvalue weighted by Crippen LogP contribution is 2.26. The molecule has 1 rings (SSSR count). The molecular weight excluding hydrogens is 222 g/mol. The number of hydrogen-bond acceptors (Lipinski definition) is 4. The summed E-state index contributed by atoms with van der Waals surface area (Å²) >= 11 is 0. The number of aliphatic hydroxyl groups is 2. The first-order valence-electron chi connectivity index (χ1n) is 5.52. The normalized spacial score (nSPS) is 33.4. The molecule has 0 unspecified atom stereocenters. The van der Waals surface area contributed by atoms with Crippen LogP contribution in [0, 0.1) is 12.3 Å². The quantitative estimate of drug-likeness (QED) is 0.600. The third-order valence-electron chi connectivity index (χ3n) is 2.68. The minimum atomic E-state index is -1.14. The van der Waals surface area contributed by atoms with E-state index >= 15 is 0 Å². The minimum absolute atomic E-state index is 0.569. The van der Waals surface area contributed by atoms with Gasteiger partial charge in [0.25, 0.3) is 0 Å². The number of aliphatic hydroxyl groups excluding tert-OH is 2. The van der Waals surface area contributed by atoms with Crippen molar-refractivity contribution in [1.82, 2.24) is 4.90 Å². The molecule has 1 aliphatic rings. The van der Waals surface area contributed by atoms with Crippen molar-refractivity contribution < 1.29 is 19.7 Å². The van der Waals surface area contributed by atoms with E-state index in [1.54, 1.807) is 27.7 Å². The van der Waals surface area contributed by atoms with Crippen molar-refractivity contribution in [1.29, 1.82) is 0 Å². The molecule has 1 heterocycles. The molecule has 0 spiro atoms. The van der Waals surface area contributed by atoms with Crippen molar-refractivity contribution in [2.24, 2.45) is 0 Å². The van der Waals surface area contributed by atoms with E-state index < -0.39 is 36.0 Å². The lowest BCUT2D eigenvalue weighted by Gasteiger charge is -2.29. The van der Waals surface area contributed by atoms with Crippen molar-refractivity contribution in [3.8, 4) is 12.3 Å². The molecule has 0 aliphatic carbocycles. The van der Waals surface area contributed by atoms with Gasteiger partial charge in [-0.05, 0) is 27.7 Å². The number of carbonyl (C=O) groups excluding carboxylic acids is 1. The van der Waals surface area contributed by atoms with E-state index in [1.165, 1.54) is 4.90 Å². The van der Waals surface area contributed by atoms with Gasteiger partial charge in [0.15, 0.2) is 0 Å². The summed E-state index contributed by atoms with van der Waals surface area (Å²) in [6.07, 6.45) is 2.46. The number of nitrogens with zero attached hydrogens (tertiary/aromatic N) is 1. The van der Waals surface area contributed by atoms with Gasteiger partial charge in [0.05, 0.1) is 6.04 Å². The fraction of sp³-hybridized carbons (Fsp3) is 0.750. The molecule has 0 radical (unpaired) electrons. The number of amides is 1. The van der Waals surface area contributed by atoms with Crippen LogP contribution in [0.3, 0.4) is 0 Å². The third kappa shape index (κ3) is 2.71. The summed E-state index contributed by atoms with van der Waals surface area (Å²) in [5.74, 6) is 2.31. The highest BCUT2D eigenvalue weighted by atomic mass is 16.6. The van der Waals surface area contributed by atoms with Crippen LogP contribution in [0.5, 0.6) is 0 Å². The highest BCUT2D eigenvalue weighted by Gasteiger charge is 2.48. The second-order valence-corrected chi connectivity index (χ2v) is 5.22. The zero-order chi connectivity index (χ0) is 13.4. The van der Waals surface area contributed by atoms with Crippen LogP contribution in [0.2, 0.25) is 0 Å². The number of likely N-dealkylation sites (tertiary alicyclic amines) is 1. The standard InChI is InChI=1S/C12H19NO4/c1-6-8-10(15)9(14)7(2)13(8)11(16)17-12(3,4)5/h1,7-10,14-15H,2-5H3/t7-,8-,9+,10-/m0/s1. The molecular formula is C12H19NO4. The van der Waals surface area contributed by atoms with Gasteiger partial charge in [-0.1, -0.05) is 5.92 Å². The summed E-state index contributed by atoms with van der Waals surface area (Å²) in [5.41, 5.74) is -0.644. The zero-order valence-corrected chi connectivity index (χ0v) is 10.5. The highest BCUT2D eigenvalue weighted by molar-refractivity contribution is 5.70. The first-order chi connectivity index (χ1) is 7.69. The van der Waals surface area contributed by atoms with Gasteiger partial charge in [-0.15, -0.1) is 6.42 Å². The van der Waals surface area contributed by atoms with Gasteiger partial charge in [0.1, 0.15) is 23.9 Å². The van der Waals surface area contributed by atoms with Crippen molar-refractivity contribution in [3.63, 3.8) is 0 Å². The molecule has 0 aromatic carbocycles. The van der Waals surface area contributed by atoms with E-state index in [-0.39, 0.29) is 0 Å². The summed E-state index contributed by atoms with van der Waals surface area (Å²) in [7, 11) is 0. The Balaban J connectivity index is 2.89. The Bertz CT molecular complexity index is 341. The SMILES string of the molecule is C#C[C@H]1[C@H](O)[C@H](O)[C@H](C)N1C(=O)OC(C)(C)C. The van der Waals surface area contributed by atoms with Crippen molar-refractivity contribution in [2.75, 3.05) is 0 Å². The average molecular weight is 241 g/mol. The van der Waals surface area contributed by atoms with Gasteiger partial charge in [0.2, 0.25) is 0 Å². The van der Waals surface area contributed by atoms with Crippen LogP contribution in [-0.4, -0.2) is 51.1 Å². The largest absolute Gasteiger partial charge is 0.444 e. The molecule has 1 fully saturated rings. The second-order valence-electron chi connectivity index (χ2n) is 5.22. The molecule has 2 N–H and O–H groups in total. The van der Waals surface area contributed by atoms with Crippen LogP contribution < -0.4 is 0 Å². The first kappa shape index (κ1) is 13.8. The monoisotopic (exact) mass is 241 g/mol. The van der Waals surface area contributed by atoms with Crippen LogP contribution >= 0.6 is 0 Å². The predicted octanol–water partition coefficient (Wildman–Crippen LogP) is 0.349. The Morgan fingerprint density at radius 3 is 2.29 bits per heavy atom. The van der Waals surface area contributed by atoms with E-state index in [1.807, 2.05) is 0 Å². The van der Waals surface area contributed by atoms with Crippen molar-refractivity contribution in [2.45, 2.75) is 57.6 Å². The van der Waals surface area contributed by atoms with Crippen LogP contribution in [0.4, 0.5) is 4.79 Å². The second kappa shape index (κ2) is 4.55. The molecule has 0 aromatic rings. The molecule has 17 heavy (non-hydrogen) atoms. The van der Waals surface area contributed by atoms with Gasteiger partial charge in [0, 0.05) is 0 Å². The molecule has 4 atom stereocenters. The lowest BCUT2D eigenvalue weighted by molar-refractivity contribution is 0.0144. The van der Waals surface area contributed by atoms with Gasteiger partial charge in [-0.2, -0.15) is 0 Å². The van der Waals surface area contributed by atoms with Gasteiger partial charge in [-0.3, -0.25) is 4.90 Å². The fourth-order valence-corrected chi connectivity index (χ4v) is 1.83. The fourth-order valence-electron chi connectivity index (χ4n) is 1.83. The van der Waals surface area contributed by atoms with Crippen molar-refractivity contribution in [3.05, 3.63) is 0 Å². The molecule has 0 aromatic heterocycles. The third-order valence-corrected chi connectivity index (χ3v) is 2.68. The Kier molecular flexibility index (Phi) is 3.70. The maximum Gasteiger partial charge on any atom is 0.411 e. The molecule has 0 saturated carbocycles. The van der Waals surface area contributed by atoms with E-state index in [4.69, 9.17) is 11.2 Å². The molecule has 5 heteroatoms. The maximum atomic E-state index is 11.9. The number of ether oxygens (including phenoxy) is 1. The molecule has 0 bridgehead atoms. The van der Waals surface area contributed by atoms with Crippen LogP contribution in [0.1, 0.15) is 27.7 Å². The van der Waals surface area contributed by atoms with E-state index in [0.29, 0.717) is 0 Å². The van der Waals surface area contributed by atoms with Crippen LogP contribution in [0.15, 0.2) is 0 Å². The Morgan fingerprint density at radius 1 is 1.35 bits per heavy atom. The zero-order valence-electron chi connectivity index (χ0n) is 10.5. The van der Waals surface area contributed by atoms with Gasteiger partial charge in [-0.25, -0.2) is 4.79 Å². The molecule has 96 valence electrons. The summed E-state index contributed by atoms with van der Waals surface area (Å²) in [6.45, 7) is 6.84. The summed E-state index contributed by atoms with van der Waals surface area (Å²) < 4.78 is 5.19. The lowest BCUT2D eigenvalue weighted by Crippen LogP contribution is -2.44. The van der Waals surface area contributed by atoms with Gasteiger partial charge < -0.3 is 14.9 Å². The summed E-state index contributed by atoms with van der Waals surface area (Å²) in [4.78, 5) is 13.1. The minimum Gasteiger partial charge on any atom is -0.444 e. The Labute approximate surface area is 101 Å². The molecule has 5 nitrogen and oxygen atoms in total. The Morgan fingerprint density at radius 2 is 1.88 bits per heavy atom. The number of terminal acetylenes is 1. The van der Waals surface area contributed by atoms with Crippen LogP contribution in [0.25, 0.3) is 0 Å². The lowest BCUT2D eigenvalue weighted by atomic mass is 10.1. The summed E-state index contributed by atoms with van der Waals surface area (Å²) in [5, 5.41) is 19.4. The Hall–Kier alpha value is -1.25. The smallest absolute Gasteiger partial charge is 0.411 e. The topological polar surface area (TPSA) is 70.0 Å². The summed E-state index contributed by atoms with van der Waals surface area (Å²) in [6, 6.07) is -1.42. The number of carbonyl (C=O) groups is 1. The van der Waals surface area contributed by atoms with Crippen molar-refractivity contribution >= 4 is 6.09 Å². The molecule has 1 saturated heterocycles. The molecule has 1 aliphatic heterocycles. The first-order valence-corrected chi connectivity index (χ1v) is 5.52. The van der Waals surface area contributed by atoms with Gasteiger partial charge >= 0.3 is 6.09 Å². The molecule has 1 amide bonds. The average Bonchev–Trinajstić information content (AvgIpc) is 2.39. The predicted molar refractivity (Wildman–Crippen MR) is 62.2 cm³/mol. The van der Waals surface area contributed by atoms with E-state index in [2.05, 4.69) is 5.92 Å². The van der Waals surface area contributed by atoms with E-state index in [0.717, 1.165) is 0 Å². The maximum absolute atomic E-state index is 11.9. The number of hydrogen-bond donors (Lipinski definition) is 2. The van der Waals surface area contributed by atoms with E-state index in [9.17, 15) is 15.0 Å². The van der Waals surface area contributed by atoms with Crippen LogP contribution in [-0.2, 0) is 4.74 Å². The number of rotatable bonds is 0.